The molecule has 0 heterocycles. The summed E-state index contributed by atoms with van der Waals surface area (Å²) in [4.78, 5) is 20.9. The number of aromatic carboxylic acids is 1. The Bertz CT molecular complexity index is 823. The third-order valence-electron chi connectivity index (χ3n) is 2.88. The van der Waals surface area contributed by atoms with E-state index in [2.05, 4.69) is 0 Å². The number of nitro benzene ring substituents is 1. The lowest BCUT2D eigenvalue weighted by Gasteiger charge is -2.11. The number of alkyl halides is 3. The molecule has 0 unspecified atom stereocenters. The zero-order valence-electron chi connectivity index (χ0n) is 11.5. The number of carboxylic acid groups (broad SMARTS) is 1. The van der Waals surface area contributed by atoms with Crippen LogP contribution in [-0.4, -0.2) is 16.0 Å². The Hall–Kier alpha value is -2.81. The van der Waals surface area contributed by atoms with E-state index in [0.717, 1.165) is 30.3 Å². The molecule has 0 aromatic heterocycles. The molecule has 1 N–H and O–H groups in total. The van der Waals surface area contributed by atoms with Gasteiger partial charge in [-0.3, -0.25) is 10.1 Å². The third kappa shape index (κ3) is 3.74. The van der Waals surface area contributed by atoms with E-state index in [9.17, 15) is 28.1 Å². The highest BCUT2D eigenvalue weighted by Crippen LogP contribution is 2.37. The molecule has 6 nitrogen and oxygen atoms in total. The van der Waals surface area contributed by atoms with Gasteiger partial charge in [0.05, 0.1) is 15.5 Å². The molecule has 126 valence electrons. The van der Waals surface area contributed by atoms with E-state index >= 15 is 0 Å². The van der Waals surface area contributed by atoms with Crippen LogP contribution < -0.4 is 4.74 Å². The van der Waals surface area contributed by atoms with Gasteiger partial charge in [0.2, 0.25) is 0 Å². The van der Waals surface area contributed by atoms with Gasteiger partial charge in [0.25, 0.3) is 5.69 Å². The topological polar surface area (TPSA) is 89.7 Å². The molecular weight excluding hydrogens is 355 g/mol. The number of hydrogen-bond donors (Lipinski definition) is 1. The largest absolute Gasteiger partial charge is 0.477 e. The maximum absolute atomic E-state index is 12.6. The van der Waals surface area contributed by atoms with Gasteiger partial charge in [-0.05, 0) is 18.2 Å². The van der Waals surface area contributed by atoms with Crippen LogP contribution in [0.3, 0.4) is 0 Å². The van der Waals surface area contributed by atoms with Gasteiger partial charge in [-0.25, -0.2) is 4.79 Å². The number of benzene rings is 2. The molecule has 0 spiro atoms. The van der Waals surface area contributed by atoms with Crippen molar-refractivity contribution < 1.29 is 32.7 Å². The predicted octanol–water partition coefficient (Wildman–Crippen LogP) is 4.76. The van der Waals surface area contributed by atoms with Crippen LogP contribution in [0.4, 0.5) is 18.9 Å². The number of carboxylic acids is 1. The van der Waals surface area contributed by atoms with Crippen LogP contribution in [0.15, 0.2) is 36.4 Å². The summed E-state index contributed by atoms with van der Waals surface area (Å²) in [6.07, 6.45) is -4.63. The second-order valence-corrected chi connectivity index (χ2v) is 4.89. The molecule has 0 saturated carbocycles. The summed E-state index contributed by atoms with van der Waals surface area (Å²) in [5.74, 6) is -1.73. The second kappa shape index (κ2) is 6.36. The van der Waals surface area contributed by atoms with Crippen molar-refractivity contribution >= 4 is 23.3 Å². The smallest absolute Gasteiger partial charge is 0.417 e. The Morgan fingerprint density at radius 1 is 1.17 bits per heavy atom. The van der Waals surface area contributed by atoms with Crippen LogP contribution in [0.5, 0.6) is 11.5 Å². The first-order chi connectivity index (χ1) is 11.1. The van der Waals surface area contributed by atoms with Gasteiger partial charge in [-0.2, -0.15) is 13.2 Å². The summed E-state index contributed by atoms with van der Waals surface area (Å²) in [5, 5.41) is 19.1. The molecule has 24 heavy (non-hydrogen) atoms. The molecule has 0 aliphatic rings. The van der Waals surface area contributed by atoms with Gasteiger partial charge >= 0.3 is 12.1 Å². The van der Waals surface area contributed by atoms with E-state index in [1.54, 1.807) is 0 Å². The molecule has 0 amide bonds. The van der Waals surface area contributed by atoms with E-state index in [-0.39, 0.29) is 11.5 Å². The predicted molar refractivity (Wildman–Crippen MR) is 76.6 cm³/mol. The van der Waals surface area contributed by atoms with Crippen LogP contribution in [0.2, 0.25) is 5.02 Å². The fraction of sp³-hybridized carbons (Fsp3) is 0.0714. The molecule has 2 rings (SSSR count). The summed E-state index contributed by atoms with van der Waals surface area (Å²) in [5.41, 5.74) is -2.30. The second-order valence-electron chi connectivity index (χ2n) is 4.48. The van der Waals surface area contributed by atoms with Crippen molar-refractivity contribution in [2.75, 3.05) is 0 Å². The van der Waals surface area contributed by atoms with Crippen LogP contribution in [0.25, 0.3) is 0 Å². The maximum Gasteiger partial charge on any atom is 0.417 e. The van der Waals surface area contributed by atoms with E-state index in [1.165, 1.54) is 0 Å². The zero-order valence-corrected chi connectivity index (χ0v) is 12.3. The number of ether oxygens (including phenoxy) is 1. The number of carbonyl (C=O) groups is 1. The Balaban J connectivity index is 2.35. The standard InChI is InChI=1S/C14H7ClF3NO5/c15-11-6-8(1-3-10(11)14(16,17)18)24-7-2-4-12(19(22)23)9(5-7)13(20)21/h1-6H,(H,20,21). The molecule has 0 atom stereocenters. The van der Waals surface area contributed by atoms with Gasteiger partial charge < -0.3 is 9.84 Å². The lowest BCUT2D eigenvalue weighted by Crippen LogP contribution is -2.05. The monoisotopic (exact) mass is 361 g/mol. The third-order valence-corrected chi connectivity index (χ3v) is 3.19. The molecule has 0 saturated heterocycles. The normalized spacial score (nSPS) is 11.2. The van der Waals surface area contributed by atoms with Crippen molar-refractivity contribution in [3.05, 3.63) is 62.7 Å². The average molecular weight is 362 g/mol. The fourth-order valence-electron chi connectivity index (χ4n) is 1.83. The molecule has 0 bridgehead atoms. The Labute approximate surface area is 137 Å². The Kier molecular flexibility index (Phi) is 4.65. The summed E-state index contributed by atoms with van der Waals surface area (Å²) in [6.45, 7) is 0. The molecule has 2 aromatic rings. The zero-order chi connectivity index (χ0) is 18.1. The quantitative estimate of drug-likeness (QED) is 0.626. The van der Waals surface area contributed by atoms with Crippen molar-refractivity contribution in [2.45, 2.75) is 6.18 Å². The summed E-state index contributed by atoms with van der Waals surface area (Å²) < 4.78 is 43.1. The van der Waals surface area contributed by atoms with E-state index in [1.807, 2.05) is 0 Å². The van der Waals surface area contributed by atoms with Gasteiger partial charge in [0.15, 0.2) is 0 Å². The first-order valence-electron chi connectivity index (χ1n) is 6.16. The SMILES string of the molecule is O=C(O)c1cc(Oc2ccc(C(F)(F)F)c(Cl)c2)ccc1[N+](=O)[O-]. The fourth-order valence-corrected chi connectivity index (χ4v) is 2.11. The van der Waals surface area contributed by atoms with Crippen molar-refractivity contribution in [1.29, 1.82) is 0 Å². The number of hydrogen-bond acceptors (Lipinski definition) is 4. The van der Waals surface area contributed by atoms with E-state index < -0.39 is 38.9 Å². The lowest BCUT2D eigenvalue weighted by molar-refractivity contribution is -0.385. The molecule has 0 radical (unpaired) electrons. The minimum atomic E-state index is -4.63. The van der Waals surface area contributed by atoms with Crippen LogP contribution >= 0.6 is 11.6 Å². The highest BCUT2D eigenvalue weighted by Gasteiger charge is 2.33. The Morgan fingerprint density at radius 2 is 1.75 bits per heavy atom. The molecule has 0 aliphatic heterocycles. The van der Waals surface area contributed by atoms with Crippen molar-refractivity contribution in [3.8, 4) is 11.5 Å². The molecule has 2 aromatic carbocycles. The van der Waals surface area contributed by atoms with Crippen LogP contribution in [0.1, 0.15) is 15.9 Å². The van der Waals surface area contributed by atoms with E-state index in [4.69, 9.17) is 21.4 Å². The maximum atomic E-state index is 12.6. The number of nitro groups is 1. The summed E-state index contributed by atoms with van der Waals surface area (Å²) in [7, 11) is 0. The van der Waals surface area contributed by atoms with Gasteiger partial charge in [0, 0.05) is 18.2 Å². The van der Waals surface area contributed by atoms with Crippen LogP contribution in [-0.2, 0) is 6.18 Å². The number of nitrogens with zero attached hydrogens (tertiary/aromatic N) is 1. The molecular formula is C14H7ClF3NO5. The first kappa shape index (κ1) is 17.5. The number of halogens is 4. The van der Waals surface area contributed by atoms with Gasteiger partial charge in [-0.15, -0.1) is 0 Å². The first-order valence-corrected chi connectivity index (χ1v) is 6.53. The molecule has 10 heteroatoms. The van der Waals surface area contributed by atoms with E-state index in [0.29, 0.717) is 6.07 Å². The van der Waals surface area contributed by atoms with Crippen molar-refractivity contribution in [2.24, 2.45) is 0 Å². The van der Waals surface area contributed by atoms with Gasteiger partial charge in [-0.1, -0.05) is 11.6 Å². The highest BCUT2D eigenvalue weighted by molar-refractivity contribution is 6.31. The molecule has 0 aliphatic carbocycles. The lowest BCUT2D eigenvalue weighted by atomic mass is 10.1. The molecule has 0 fully saturated rings. The minimum Gasteiger partial charge on any atom is -0.477 e. The van der Waals surface area contributed by atoms with Crippen molar-refractivity contribution in [3.63, 3.8) is 0 Å². The Morgan fingerprint density at radius 3 is 2.25 bits per heavy atom. The van der Waals surface area contributed by atoms with Gasteiger partial charge in [0.1, 0.15) is 17.1 Å². The van der Waals surface area contributed by atoms with Crippen LogP contribution in [0, 0.1) is 10.1 Å². The minimum absolute atomic E-state index is 0.0850. The van der Waals surface area contributed by atoms with Crippen molar-refractivity contribution in [1.82, 2.24) is 0 Å². The average Bonchev–Trinajstić information content (AvgIpc) is 2.45. The summed E-state index contributed by atoms with van der Waals surface area (Å²) >= 11 is 5.55. The number of rotatable bonds is 4. The highest BCUT2D eigenvalue weighted by atomic mass is 35.5. The summed E-state index contributed by atoms with van der Waals surface area (Å²) in [6, 6.07) is 5.55.